The third kappa shape index (κ3) is 7.14. The van der Waals surface area contributed by atoms with Gasteiger partial charge in [-0.2, -0.15) is 0 Å². The van der Waals surface area contributed by atoms with Crippen LogP contribution in [0.15, 0.2) is 83.9 Å². The Morgan fingerprint density at radius 1 is 0.938 bits per heavy atom. The third-order valence-corrected chi connectivity index (χ3v) is 5.85. The van der Waals surface area contributed by atoms with Crippen LogP contribution in [-0.4, -0.2) is 21.3 Å². The lowest BCUT2D eigenvalue weighted by Gasteiger charge is -2.28. The number of hydrogen-bond donors (Lipinski definition) is 1. The second-order valence-corrected chi connectivity index (χ2v) is 9.76. The normalized spacial score (nSPS) is 11.5. The van der Waals surface area contributed by atoms with Crippen LogP contribution >= 0.6 is 15.9 Å². The number of ether oxygens (including phenoxy) is 1. The highest BCUT2D eigenvalue weighted by Gasteiger charge is 2.15. The van der Waals surface area contributed by atoms with Crippen molar-refractivity contribution in [1.82, 2.24) is 0 Å². The van der Waals surface area contributed by atoms with Crippen molar-refractivity contribution < 1.29 is 13.2 Å². The molecule has 0 bridgehead atoms. The zero-order chi connectivity index (χ0) is 23.0. The van der Waals surface area contributed by atoms with Crippen LogP contribution in [0.1, 0.15) is 16.7 Å². The summed E-state index contributed by atoms with van der Waals surface area (Å²) in [6.45, 7) is 3.80. The van der Waals surface area contributed by atoms with Crippen LogP contribution in [0.5, 0.6) is 5.75 Å². The highest BCUT2D eigenvalue weighted by atomic mass is 79.9. The molecule has 0 spiro atoms. The second-order valence-electron chi connectivity index (χ2n) is 7.48. The Morgan fingerprint density at radius 2 is 1.59 bits per heavy atom. The Labute approximate surface area is 198 Å². The van der Waals surface area contributed by atoms with Gasteiger partial charge in [-0.05, 0) is 58.9 Å². The molecule has 0 aromatic heterocycles. The first kappa shape index (κ1) is 23.9. The summed E-state index contributed by atoms with van der Waals surface area (Å²) in [5.41, 5.74) is 4.76. The lowest BCUT2D eigenvalue weighted by molar-refractivity contribution is 0.363. The van der Waals surface area contributed by atoms with E-state index in [1.165, 1.54) is 5.56 Å². The van der Waals surface area contributed by atoms with Crippen molar-refractivity contribution in [3.8, 4) is 5.75 Å². The van der Waals surface area contributed by atoms with Gasteiger partial charge in [0.15, 0.2) is 0 Å². The summed E-state index contributed by atoms with van der Waals surface area (Å²) in [5.74, 6) is 0.810. The van der Waals surface area contributed by atoms with Crippen LogP contribution in [0.2, 0.25) is 0 Å². The molecule has 0 amide bonds. The standard InChI is InChI=1S/C25H27BrN2O3S/c1-20-24(27-32(2,29)30)10-6-11-25(20)28(18-21-8-4-3-5-9-21)19-22-12-14-23(15-13-22)31-17-7-16-26/h3-16,27H,17-19H2,1-2H3/b16-7-. The molecule has 5 nitrogen and oxygen atoms in total. The molecule has 3 aromatic carbocycles. The van der Waals surface area contributed by atoms with Crippen LogP contribution in [-0.2, 0) is 23.1 Å². The Morgan fingerprint density at radius 3 is 2.22 bits per heavy atom. The number of halogens is 1. The Bertz CT molecular complexity index is 1150. The quantitative estimate of drug-likeness (QED) is 0.368. The van der Waals surface area contributed by atoms with Crippen LogP contribution in [0, 0.1) is 6.92 Å². The lowest BCUT2D eigenvalue weighted by Crippen LogP contribution is -2.23. The van der Waals surface area contributed by atoms with Gasteiger partial charge in [0.2, 0.25) is 10.0 Å². The van der Waals surface area contributed by atoms with Crippen LogP contribution in [0.4, 0.5) is 11.4 Å². The Kier molecular flexibility index (Phi) is 8.36. The van der Waals surface area contributed by atoms with Crippen molar-refractivity contribution in [3.63, 3.8) is 0 Å². The zero-order valence-electron chi connectivity index (χ0n) is 18.2. The van der Waals surface area contributed by atoms with E-state index in [2.05, 4.69) is 49.8 Å². The van der Waals surface area contributed by atoms with E-state index in [-0.39, 0.29) is 0 Å². The van der Waals surface area contributed by atoms with Crippen LogP contribution < -0.4 is 14.4 Å². The van der Waals surface area contributed by atoms with Gasteiger partial charge in [0.25, 0.3) is 0 Å². The van der Waals surface area contributed by atoms with Crippen molar-refractivity contribution in [2.24, 2.45) is 0 Å². The van der Waals surface area contributed by atoms with Gasteiger partial charge in [0.1, 0.15) is 12.4 Å². The van der Waals surface area contributed by atoms with Crippen LogP contribution in [0.3, 0.4) is 0 Å². The van der Waals surface area contributed by atoms with Crippen molar-refractivity contribution in [2.75, 3.05) is 22.5 Å². The first-order valence-electron chi connectivity index (χ1n) is 10.2. The molecular weight excluding hydrogens is 488 g/mol. The minimum absolute atomic E-state index is 0.504. The minimum atomic E-state index is -3.36. The van der Waals surface area contributed by atoms with Gasteiger partial charge in [-0.15, -0.1) is 0 Å². The molecule has 168 valence electrons. The molecule has 0 heterocycles. The van der Waals surface area contributed by atoms with Gasteiger partial charge < -0.3 is 9.64 Å². The van der Waals surface area contributed by atoms with Crippen molar-refractivity contribution in [1.29, 1.82) is 0 Å². The van der Waals surface area contributed by atoms with Gasteiger partial charge in [-0.25, -0.2) is 8.42 Å². The maximum Gasteiger partial charge on any atom is 0.229 e. The Hall–Kier alpha value is -2.77. The number of anilines is 2. The molecular formula is C25H27BrN2O3S. The van der Waals surface area contributed by atoms with E-state index in [9.17, 15) is 8.42 Å². The molecule has 0 aliphatic carbocycles. The predicted molar refractivity (Wildman–Crippen MR) is 136 cm³/mol. The summed E-state index contributed by atoms with van der Waals surface area (Å²) in [5, 5.41) is 0. The summed E-state index contributed by atoms with van der Waals surface area (Å²) >= 11 is 3.23. The fourth-order valence-corrected chi connectivity index (χ4v) is 4.17. The number of nitrogens with zero attached hydrogens (tertiary/aromatic N) is 1. The first-order chi connectivity index (χ1) is 15.4. The highest BCUT2D eigenvalue weighted by Crippen LogP contribution is 2.30. The van der Waals surface area contributed by atoms with E-state index >= 15 is 0 Å². The molecule has 0 saturated heterocycles. The van der Waals surface area contributed by atoms with E-state index < -0.39 is 10.0 Å². The van der Waals surface area contributed by atoms with E-state index in [4.69, 9.17) is 4.74 Å². The average molecular weight is 515 g/mol. The monoisotopic (exact) mass is 514 g/mol. The number of hydrogen-bond acceptors (Lipinski definition) is 4. The molecule has 0 saturated carbocycles. The number of nitrogens with one attached hydrogen (secondary N) is 1. The topological polar surface area (TPSA) is 58.6 Å². The van der Waals surface area contributed by atoms with E-state index in [1.807, 2.05) is 55.5 Å². The summed E-state index contributed by atoms with van der Waals surface area (Å²) in [7, 11) is -3.36. The van der Waals surface area contributed by atoms with E-state index in [1.54, 1.807) is 11.1 Å². The highest BCUT2D eigenvalue weighted by molar-refractivity contribution is 9.11. The van der Waals surface area contributed by atoms with Gasteiger partial charge in [0.05, 0.1) is 11.9 Å². The lowest BCUT2D eigenvalue weighted by atomic mass is 10.1. The molecule has 3 aromatic rings. The van der Waals surface area contributed by atoms with Crippen molar-refractivity contribution in [2.45, 2.75) is 20.0 Å². The molecule has 0 unspecified atom stereocenters. The molecule has 7 heteroatoms. The van der Waals surface area contributed by atoms with Gasteiger partial charge in [-0.1, -0.05) is 64.5 Å². The van der Waals surface area contributed by atoms with Gasteiger partial charge >= 0.3 is 0 Å². The molecule has 32 heavy (non-hydrogen) atoms. The molecule has 3 rings (SSSR count). The molecule has 0 radical (unpaired) electrons. The summed E-state index contributed by atoms with van der Waals surface area (Å²) in [6.07, 6.45) is 3.05. The van der Waals surface area contributed by atoms with Crippen LogP contribution in [0.25, 0.3) is 0 Å². The molecule has 0 fully saturated rings. The summed E-state index contributed by atoms with van der Waals surface area (Å²) in [4.78, 5) is 4.03. The first-order valence-corrected chi connectivity index (χ1v) is 13.0. The van der Waals surface area contributed by atoms with E-state index in [0.29, 0.717) is 25.4 Å². The predicted octanol–water partition coefficient (Wildman–Crippen LogP) is 5.86. The molecule has 0 atom stereocenters. The molecule has 0 aliphatic heterocycles. The summed E-state index contributed by atoms with van der Waals surface area (Å²) < 4.78 is 31.9. The summed E-state index contributed by atoms with van der Waals surface area (Å²) in [6, 6.07) is 24.0. The van der Waals surface area contributed by atoms with Gasteiger partial charge in [0, 0.05) is 18.8 Å². The fraction of sp³-hybridized carbons (Fsp3) is 0.200. The van der Waals surface area contributed by atoms with Gasteiger partial charge in [-0.3, -0.25) is 4.72 Å². The largest absolute Gasteiger partial charge is 0.490 e. The Balaban J connectivity index is 1.89. The van der Waals surface area contributed by atoms with Crippen molar-refractivity contribution in [3.05, 3.63) is 101 Å². The zero-order valence-corrected chi connectivity index (χ0v) is 20.6. The third-order valence-electron chi connectivity index (χ3n) is 4.89. The molecule has 1 N–H and O–H groups in total. The maximum atomic E-state index is 11.8. The fourth-order valence-electron chi connectivity index (χ4n) is 3.40. The number of benzene rings is 3. The average Bonchev–Trinajstić information content (AvgIpc) is 2.76. The SMILES string of the molecule is Cc1c(NS(C)(=O)=O)cccc1N(Cc1ccccc1)Cc1ccc(OC/C=C\Br)cc1. The smallest absolute Gasteiger partial charge is 0.229 e. The minimum Gasteiger partial charge on any atom is -0.490 e. The van der Waals surface area contributed by atoms with E-state index in [0.717, 1.165) is 28.8 Å². The van der Waals surface area contributed by atoms with Crippen molar-refractivity contribution >= 4 is 37.3 Å². The second kappa shape index (κ2) is 11.2. The number of rotatable bonds is 10. The maximum absolute atomic E-state index is 11.8. The molecule has 0 aliphatic rings. The number of sulfonamides is 1.